The highest BCUT2D eigenvalue weighted by atomic mass is 16.2. The van der Waals surface area contributed by atoms with Gasteiger partial charge in [-0.05, 0) is 18.1 Å². The number of rotatable bonds is 1. The molecular weight excluding hydrogens is 256 g/mol. The van der Waals surface area contributed by atoms with Gasteiger partial charge in [0.25, 0.3) is 5.91 Å². The minimum atomic E-state index is -0.525. The number of amides is 3. The molecule has 2 heterocycles. The molecule has 3 amide bonds. The highest BCUT2D eigenvalue weighted by Crippen LogP contribution is 2.26. The van der Waals surface area contributed by atoms with Crippen LogP contribution in [0.25, 0.3) is 0 Å². The molecule has 1 fully saturated rings. The van der Waals surface area contributed by atoms with Gasteiger partial charge in [-0.15, -0.1) is 0 Å². The number of piperidine rings is 1. The minimum Gasteiger partial charge on any atom is -0.322 e. The largest absolute Gasteiger partial charge is 0.322 e. The molecule has 1 aromatic carbocycles. The molecule has 0 spiro atoms. The third-order valence-corrected chi connectivity index (χ3v) is 3.44. The Hall–Kier alpha value is -2.17. The first-order valence-corrected chi connectivity index (χ1v) is 6.89. The van der Waals surface area contributed by atoms with Gasteiger partial charge in [0.15, 0.2) is 0 Å². The molecule has 106 valence electrons. The van der Waals surface area contributed by atoms with Gasteiger partial charge < -0.3 is 4.90 Å². The van der Waals surface area contributed by atoms with Crippen molar-refractivity contribution >= 4 is 17.7 Å². The molecule has 0 unspecified atom stereocenters. The topological polar surface area (TPSA) is 66.5 Å². The number of fused-ring (bicyclic) bond motifs is 1. The van der Waals surface area contributed by atoms with Crippen LogP contribution in [0.3, 0.4) is 0 Å². The molecule has 1 N–H and O–H groups in total. The molecule has 2 aliphatic rings. The first-order chi connectivity index (χ1) is 9.66. The van der Waals surface area contributed by atoms with Gasteiger partial charge in [-0.2, -0.15) is 0 Å². The Morgan fingerprint density at radius 2 is 1.85 bits per heavy atom. The summed E-state index contributed by atoms with van der Waals surface area (Å²) in [6.07, 6.45) is 0.695. The van der Waals surface area contributed by atoms with E-state index in [1.54, 1.807) is 11.0 Å². The van der Waals surface area contributed by atoms with E-state index in [0.29, 0.717) is 18.5 Å². The van der Waals surface area contributed by atoms with Gasteiger partial charge in [-0.1, -0.05) is 32.0 Å². The highest BCUT2D eigenvalue weighted by Gasteiger charge is 2.38. The molecule has 5 heteroatoms. The molecule has 1 aromatic rings. The van der Waals surface area contributed by atoms with E-state index in [0.717, 1.165) is 5.56 Å². The number of hydrogen-bond donors (Lipinski definition) is 1. The summed E-state index contributed by atoms with van der Waals surface area (Å²) < 4.78 is 0. The molecule has 5 nitrogen and oxygen atoms in total. The fraction of sp³-hybridized carbons (Fsp3) is 0.400. The second kappa shape index (κ2) is 5.86. The lowest BCUT2D eigenvalue weighted by Crippen LogP contribution is -2.52. The predicted molar refractivity (Wildman–Crippen MR) is 73.8 cm³/mol. The number of nitrogens with zero attached hydrogens (tertiary/aromatic N) is 1. The van der Waals surface area contributed by atoms with Gasteiger partial charge in [-0.3, -0.25) is 19.7 Å². The Labute approximate surface area is 118 Å². The van der Waals surface area contributed by atoms with Crippen LogP contribution in [0.1, 0.15) is 42.6 Å². The van der Waals surface area contributed by atoms with Crippen molar-refractivity contribution in [3.8, 4) is 0 Å². The van der Waals surface area contributed by atoms with Gasteiger partial charge in [0, 0.05) is 18.5 Å². The zero-order valence-electron chi connectivity index (χ0n) is 11.7. The molecule has 1 atom stereocenters. The van der Waals surface area contributed by atoms with Crippen molar-refractivity contribution in [1.29, 1.82) is 0 Å². The summed E-state index contributed by atoms with van der Waals surface area (Å²) in [6, 6.07) is 6.82. The van der Waals surface area contributed by atoms with Crippen molar-refractivity contribution in [2.75, 3.05) is 0 Å². The number of carbonyl (C=O) groups excluding carboxylic acids is 3. The quantitative estimate of drug-likeness (QED) is 0.789. The maximum atomic E-state index is 12.2. The van der Waals surface area contributed by atoms with Gasteiger partial charge in [0.2, 0.25) is 11.8 Å². The third kappa shape index (κ3) is 2.43. The third-order valence-electron chi connectivity index (χ3n) is 3.44. The standard InChI is InChI=1S/C13H12N2O3.C2H6/c16-11-6-5-10(12(17)14-11)15-7-8-3-1-2-4-9(8)13(15)18;1-2/h1-4,10H,5-7H2,(H,14,16,17);1-2H3/t10-;/m0./s1. The summed E-state index contributed by atoms with van der Waals surface area (Å²) in [5.41, 5.74) is 1.59. The van der Waals surface area contributed by atoms with Gasteiger partial charge >= 0.3 is 0 Å². The summed E-state index contributed by atoms with van der Waals surface area (Å²) in [5, 5.41) is 2.28. The van der Waals surface area contributed by atoms with E-state index in [9.17, 15) is 14.4 Å². The van der Waals surface area contributed by atoms with Crippen LogP contribution in [-0.4, -0.2) is 28.7 Å². The Morgan fingerprint density at radius 1 is 1.15 bits per heavy atom. The molecule has 0 aliphatic carbocycles. The van der Waals surface area contributed by atoms with E-state index in [-0.39, 0.29) is 24.1 Å². The molecular formula is C15H18N2O3. The summed E-state index contributed by atoms with van der Waals surface area (Å²) in [5.74, 6) is -0.757. The lowest BCUT2D eigenvalue weighted by Gasteiger charge is -2.29. The number of carbonyl (C=O) groups is 3. The zero-order valence-corrected chi connectivity index (χ0v) is 11.7. The van der Waals surface area contributed by atoms with Crippen molar-refractivity contribution in [1.82, 2.24) is 10.2 Å². The van der Waals surface area contributed by atoms with Crippen LogP contribution in [0.4, 0.5) is 0 Å². The SMILES string of the molecule is CC.O=C1CC[C@H](N2Cc3ccccc3C2=O)C(=O)N1. The highest BCUT2D eigenvalue weighted by molar-refractivity contribution is 6.05. The van der Waals surface area contributed by atoms with Crippen LogP contribution in [-0.2, 0) is 16.1 Å². The average molecular weight is 274 g/mol. The molecule has 0 bridgehead atoms. The van der Waals surface area contributed by atoms with Gasteiger partial charge in [-0.25, -0.2) is 0 Å². The normalized spacial score (nSPS) is 21.0. The molecule has 0 saturated carbocycles. The predicted octanol–water partition coefficient (Wildman–Crippen LogP) is 1.47. The summed E-state index contributed by atoms with van der Waals surface area (Å²) in [7, 11) is 0. The van der Waals surface area contributed by atoms with Crippen LogP contribution < -0.4 is 5.32 Å². The van der Waals surface area contributed by atoms with Crippen LogP contribution in [0.15, 0.2) is 24.3 Å². The fourth-order valence-corrected chi connectivity index (χ4v) is 2.51. The van der Waals surface area contributed by atoms with Crippen LogP contribution >= 0.6 is 0 Å². The second-order valence-corrected chi connectivity index (χ2v) is 4.56. The maximum Gasteiger partial charge on any atom is 0.255 e. The number of hydrogen-bond acceptors (Lipinski definition) is 3. The molecule has 2 aliphatic heterocycles. The van der Waals surface area contributed by atoms with E-state index in [2.05, 4.69) is 5.32 Å². The molecule has 3 rings (SSSR count). The van der Waals surface area contributed by atoms with Crippen molar-refractivity contribution in [2.24, 2.45) is 0 Å². The lowest BCUT2D eigenvalue weighted by molar-refractivity contribution is -0.136. The minimum absolute atomic E-state index is 0.125. The fourth-order valence-electron chi connectivity index (χ4n) is 2.51. The second-order valence-electron chi connectivity index (χ2n) is 4.56. The Bertz CT molecular complexity index is 554. The van der Waals surface area contributed by atoms with Crippen molar-refractivity contribution < 1.29 is 14.4 Å². The van der Waals surface area contributed by atoms with E-state index in [1.165, 1.54) is 0 Å². The summed E-state index contributed by atoms with van der Waals surface area (Å²) >= 11 is 0. The van der Waals surface area contributed by atoms with Crippen molar-refractivity contribution in [3.63, 3.8) is 0 Å². The van der Waals surface area contributed by atoms with E-state index >= 15 is 0 Å². The Balaban J connectivity index is 0.000000704. The molecule has 0 radical (unpaired) electrons. The number of imide groups is 1. The van der Waals surface area contributed by atoms with E-state index in [1.807, 2.05) is 32.0 Å². The molecule has 1 saturated heterocycles. The summed E-state index contributed by atoms with van der Waals surface area (Å²) in [4.78, 5) is 36.6. The number of benzene rings is 1. The molecule has 20 heavy (non-hydrogen) atoms. The van der Waals surface area contributed by atoms with E-state index in [4.69, 9.17) is 0 Å². The Kier molecular flexibility index (Phi) is 4.17. The lowest BCUT2D eigenvalue weighted by atomic mass is 10.0. The van der Waals surface area contributed by atoms with Crippen molar-refractivity contribution in [2.45, 2.75) is 39.3 Å². The van der Waals surface area contributed by atoms with Crippen molar-refractivity contribution in [3.05, 3.63) is 35.4 Å². The number of nitrogens with one attached hydrogen (secondary N) is 1. The van der Waals surface area contributed by atoms with Crippen LogP contribution in [0.2, 0.25) is 0 Å². The van der Waals surface area contributed by atoms with Crippen LogP contribution in [0.5, 0.6) is 0 Å². The first kappa shape index (κ1) is 14.2. The zero-order chi connectivity index (χ0) is 14.7. The smallest absolute Gasteiger partial charge is 0.255 e. The van der Waals surface area contributed by atoms with Crippen LogP contribution in [0, 0.1) is 0 Å². The molecule has 0 aromatic heterocycles. The maximum absolute atomic E-state index is 12.2. The van der Waals surface area contributed by atoms with E-state index < -0.39 is 6.04 Å². The monoisotopic (exact) mass is 274 g/mol. The summed E-state index contributed by atoms with van der Waals surface area (Å²) in [6.45, 7) is 4.45. The average Bonchev–Trinajstić information content (AvgIpc) is 2.79. The van der Waals surface area contributed by atoms with Gasteiger partial charge in [0.1, 0.15) is 6.04 Å². The first-order valence-electron chi connectivity index (χ1n) is 6.89. The van der Waals surface area contributed by atoms with Gasteiger partial charge in [0.05, 0.1) is 0 Å². The Morgan fingerprint density at radius 3 is 2.50 bits per heavy atom.